The minimum atomic E-state index is -4.53. The van der Waals surface area contributed by atoms with E-state index in [-0.39, 0.29) is 0 Å². The van der Waals surface area contributed by atoms with E-state index in [1.165, 1.54) is 0 Å². The lowest BCUT2D eigenvalue weighted by atomic mass is 10.1. The van der Waals surface area contributed by atoms with E-state index in [1.807, 2.05) is 0 Å². The van der Waals surface area contributed by atoms with Crippen molar-refractivity contribution in [2.24, 2.45) is 0 Å². The summed E-state index contributed by atoms with van der Waals surface area (Å²) in [6.07, 6.45) is 0. The topological polar surface area (TPSA) is 124 Å². The number of carboxylic acid groups (broad SMARTS) is 1. The first-order chi connectivity index (χ1) is 9.52. The van der Waals surface area contributed by atoms with Crippen LogP contribution in [-0.2, 0) is 10.0 Å². The van der Waals surface area contributed by atoms with Crippen molar-refractivity contribution in [3.8, 4) is 0 Å². The number of aliphatic hydroxyl groups is 2. The van der Waals surface area contributed by atoms with Crippen molar-refractivity contribution in [3.05, 3.63) is 29.3 Å². The van der Waals surface area contributed by atoms with Crippen molar-refractivity contribution in [1.82, 2.24) is 4.72 Å². The molecule has 21 heavy (non-hydrogen) atoms. The Morgan fingerprint density at radius 2 is 1.95 bits per heavy atom. The van der Waals surface area contributed by atoms with Gasteiger partial charge in [0.15, 0.2) is 5.82 Å². The molecule has 1 aromatic rings. The highest BCUT2D eigenvalue weighted by Crippen LogP contribution is 2.21. The zero-order valence-corrected chi connectivity index (χ0v) is 11.6. The molecule has 0 spiro atoms. The third-order valence-electron chi connectivity index (χ3n) is 2.54. The van der Waals surface area contributed by atoms with E-state index < -0.39 is 56.8 Å². The van der Waals surface area contributed by atoms with Gasteiger partial charge in [-0.25, -0.2) is 26.7 Å². The zero-order chi connectivity index (χ0) is 16.4. The minimum absolute atomic E-state index is 0.505. The van der Waals surface area contributed by atoms with Crippen LogP contribution in [0, 0.1) is 11.6 Å². The Hall–Kier alpha value is -1.62. The highest BCUT2D eigenvalue weighted by Gasteiger charge is 2.29. The fourth-order valence-electron chi connectivity index (χ4n) is 1.32. The van der Waals surface area contributed by atoms with Crippen LogP contribution in [0.5, 0.6) is 0 Å². The molecule has 118 valence electrons. The second-order valence-electron chi connectivity index (χ2n) is 4.52. The molecule has 0 radical (unpaired) electrons. The fourth-order valence-corrected chi connectivity index (χ4v) is 2.56. The second kappa shape index (κ2) is 6.02. The van der Waals surface area contributed by atoms with Crippen LogP contribution >= 0.6 is 0 Å². The number of nitrogens with one attached hydrogen (secondary N) is 1. The SMILES string of the molecule is CC(O)(CO)CNS(=O)(=O)c1ccc(F)c(C(=O)O)c1F. The summed E-state index contributed by atoms with van der Waals surface area (Å²) in [5.74, 6) is -5.12. The third kappa shape index (κ3) is 3.94. The number of aliphatic hydroxyl groups excluding tert-OH is 1. The van der Waals surface area contributed by atoms with Crippen LogP contribution in [0.15, 0.2) is 17.0 Å². The van der Waals surface area contributed by atoms with Crippen molar-refractivity contribution in [3.63, 3.8) is 0 Å². The van der Waals surface area contributed by atoms with Crippen LogP contribution in [0.4, 0.5) is 8.78 Å². The molecule has 0 aliphatic carbocycles. The number of benzene rings is 1. The average molecular weight is 325 g/mol. The molecule has 0 saturated carbocycles. The van der Waals surface area contributed by atoms with Gasteiger partial charge in [-0.1, -0.05) is 0 Å². The van der Waals surface area contributed by atoms with E-state index in [2.05, 4.69) is 0 Å². The third-order valence-corrected chi connectivity index (χ3v) is 3.96. The maximum Gasteiger partial charge on any atom is 0.341 e. The molecule has 4 N–H and O–H groups in total. The van der Waals surface area contributed by atoms with Gasteiger partial charge in [0.05, 0.1) is 12.2 Å². The minimum Gasteiger partial charge on any atom is -0.477 e. The monoisotopic (exact) mass is 325 g/mol. The smallest absolute Gasteiger partial charge is 0.341 e. The lowest BCUT2D eigenvalue weighted by Gasteiger charge is -2.20. The Bertz CT molecular complexity index is 659. The van der Waals surface area contributed by atoms with Crippen LogP contribution in [0.2, 0.25) is 0 Å². The number of carbonyl (C=O) groups is 1. The molecule has 10 heteroatoms. The Morgan fingerprint density at radius 3 is 2.43 bits per heavy atom. The largest absolute Gasteiger partial charge is 0.477 e. The predicted molar refractivity (Wildman–Crippen MR) is 66.2 cm³/mol. The molecule has 1 unspecified atom stereocenters. The number of aromatic carboxylic acids is 1. The Kier molecular flexibility index (Phi) is 4.99. The Balaban J connectivity index is 3.22. The van der Waals surface area contributed by atoms with Gasteiger partial charge in [-0.3, -0.25) is 0 Å². The molecule has 1 rings (SSSR count). The van der Waals surface area contributed by atoms with E-state index in [9.17, 15) is 27.1 Å². The molecular weight excluding hydrogens is 312 g/mol. The van der Waals surface area contributed by atoms with Crippen LogP contribution < -0.4 is 4.72 Å². The van der Waals surface area contributed by atoms with Gasteiger partial charge in [-0.2, -0.15) is 0 Å². The number of hydrogen-bond acceptors (Lipinski definition) is 5. The van der Waals surface area contributed by atoms with Gasteiger partial charge >= 0.3 is 5.97 Å². The van der Waals surface area contributed by atoms with Crippen molar-refractivity contribution in [2.45, 2.75) is 17.4 Å². The molecule has 1 atom stereocenters. The zero-order valence-electron chi connectivity index (χ0n) is 10.8. The molecule has 0 aromatic heterocycles. The normalized spacial score (nSPS) is 14.7. The summed E-state index contributed by atoms with van der Waals surface area (Å²) in [7, 11) is -4.53. The first-order valence-electron chi connectivity index (χ1n) is 5.56. The molecule has 0 aliphatic heterocycles. The van der Waals surface area contributed by atoms with Gasteiger partial charge < -0.3 is 15.3 Å². The summed E-state index contributed by atoms with van der Waals surface area (Å²) in [5.41, 5.74) is -3.19. The maximum atomic E-state index is 13.8. The molecular formula is C11H13F2NO6S. The quantitative estimate of drug-likeness (QED) is 0.568. The lowest BCUT2D eigenvalue weighted by molar-refractivity contribution is 0.00679. The predicted octanol–water partition coefficient (Wildman–Crippen LogP) is -0.315. The first kappa shape index (κ1) is 17.4. The van der Waals surface area contributed by atoms with Crippen molar-refractivity contribution >= 4 is 16.0 Å². The Morgan fingerprint density at radius 1 is 1.38 bits per heavy atom. The molecule has 0 amide bonds. The van der Waals surface area contributed by atoms with Gasteiger partial charge in [0.1, 0.15) is 16.3 Å². The number of hydrogen-bond donors (Lipinski definition) is 4. The lowest BCUT2D eigenvalue weighted by Crippen LogP contribution is -2.43. The summed E-state index contributed by atoms with van der Waals surface area (Å²) < 4.78 is 52.5. The van der Waals surface area contributed by atoms with E-state index >= 15 is 0 Å². The number of halogens is 2. The number of carboxylic acids is 1. The average Bonchev–Trinajstić information content (AvgIpc) is 2.36. The molecule has 0 saturated heterocycles. The summed E-state index contributed by atoms with van der Waals surface area (Å²) in [5, 5.41) is 26.9. The molecule has 0 fully saturated rings. The van der Waals surface area contributed by atoms with E-state index in [0.29, 0.717) is 12.1 Å². The van der Waals surface area contributed by atoms with E-state index in [4.69, 9.17) is 10.2 Å². The summed E-state index contributed by atoms with van der Waals surface area (Å²) in [4.78, 5) is 9.64. The highest BCUT2D eigenvalue weighted by atomic mass is 32.2. The van der Waals surface area contributed by atoms with Gasteiger partial charge in [0.2, 0.25) is 10.0 Å². The van der Waals surface area contributed by atoms with Crippen molar-refractivity contribution in [2.75, 3.05) is 13.2 Å². The van der Waals surface area contributed by atoms with Gasteiger partial charge in [0.25, 0.3) is 0 Å². The van der Waals surface area contributed by atoms with Crippen LogP contribution in [-0.4, -0.2) is 48.5 Å². The van der Waals surface area contributed by atoms with Gasteiger partial charge in [-0.05, 0) is 19.1 Å². The number of sulfonamides is 1. The van der Waals surface area contributed by atoms with Crippen molar-refractivity contribution < 1.29 is 37.3 Å². The van der Waals surface area contributed by atoms with Crippen LogP contribution in [0.1, 0.15) is 17.3 Å². The van der Waals surface area contributed by atoms with Crippen molar-refractivity contribution in [1.29, 1.82) is 0 Å². The Labute approximate surface area is 118 Å². The first-order valence-corrected chi connectivity index (χ1v) is 7.04. The number of rotatable bonds is 6. The van der Waals surface area contributed by atoms with Crippen LogP contribution in [0.25, 0.3) is 0 Å². The van der Waals surface area contributed by atoms with Gasteiger partial charge in [-0.15, -0.1) is 0 Å². The molecule has 0 heterocycles. The molecule has 0 bridgehead atoms. The molecule has 7 nitrogen and oxygen atoms in total. The second-order valence-corrected chi connectivity index (χ2v) is 6.25. The standard InChI is InChI=1S/C11H13F2NO6S/c1-11(18,5-15)4-14-21(19,20)7-3-2-6(12)8(9(7)13)10(16)17/h2-3,14-15,18H,4-5H2,1H3,(H,16,17). The van der Waals surface area contributed by atoms with Crippen LogP contribution in [0.3, 0.4) is 0 Å². The molecule has 1 aromatic carbocycles. The van der Waals surface area contributed by atoms with Gasteiger partial charge in [0, 0.05) is 6.54 Å². The van der Waals surface area contributed by atoms with E-state index in [0.717, 1.165) is 6.92 Å². The maximum absolute atomic E-state index is 13.8. The molecule has 0 aliphatic rings. The highest BCUT2D eigenvalue weighted by molar-refractivity contribution is 7.89. The fraction of sp³-hybridized carbons (Fsp3) is 0.364. The summed E-state index contributed by atoms with van der Waals surface area (Å²) in [6, 6.07) is 1.07. The summed E-state index contributed by atoms with van der Waals surface area (Å²) >= 11 is 0. The summed E-state index contributed by atoms with van der Waals surface area (Å²) in [6.45, 7) is -0.286. The van der Waals surface area contributed by atoms with E-state index in [1.54, 1.807) is 4.72 Å².